The van der Waals surface area contributed by atoms with E-state index >= 15 is 0 Å². The van der Waals surface area contributed by atoms with Crippen molar-refractivity contribution in [1.82, 2.24) is 4.90 Å². The molecule has 1 atom stereocenters. The topological polar surface area (TPSA) is 29.3 Å². The van der Waals surface area contributed by atoms with Gasteiger partial charge < -0.3 is 5.73 Å². The molecule has 0 bridgehead atoms. The number of benzene rings is 2. The molecule has 0 amide bonds. The molecule has 1 aliphatic heterocycles. The minimum atomic E-state index is -0.179. The Morgan fingerprint density at radius 3 is 2.59 bits per heavy atom. The molecule has 0 aliphatic carbocycles. The van der Waals surface area contributed by atoms with Crippen LogP contribution in [-0.2, 0) is 12.0 Å². The average Bonchev–Trinajstić information content (AvgIpc) is 2.83. The van der Waals surface area contributed by atoms with Crippen LogP contribution in [0.1, 0.15) is 36.6 Å². The Labute approximate surface area is 131 Å². The fourth-order valence-electron chi connectivity index (χ4n) is 3.48. The quantitative estimate of drug-likeness (QED) is 0.934. The summed E-state index contributed by atoms with van der Waals surface area (Å²) in [5.41, 5.74) is 9.56. The smallest absolute Gasteiger partial charge is 0.123 e. The van der Waals surface area contributed by atoms with Crippen LogP contribution < -0.4 is 5.73 Å². The van der Waals surface area contributed by atoms with Crippen LogP contribution in [0.15, 0.2) is 48.5 Å². The molecular weight excluding hydrogens is 275 g/mol. The van der Waals surface area contributed by atoms with Crippen molar-refractivity contribution in [3.63, 3.8) is 0 Å². The van der Waals surface area contributed by atoms with Crippen molar-refractivity contribution in [1.29, 1.82) is 0 Å². The molecule has 0 saturated carbocycles. The van der Waals surface area contributed by atoms with Crippen LogP contribution in [0.5, 0.6) is 0 Å². The van der Waals surface area contributed by atoms with E-state index in [0.29, 0.717) is 6.54 Å². The Bertz CT molecular complexity index is 652. The van der Waals surface area contributed by atoms with Crippen molar-refractivity contribution in [2.75, 3.05) is 13.1 Å². The Balaban J connectivity index is 1.85. The van der Waals surface area contributed by atoms with Crippen molar-refractivity contribution in [2.24, 2.45) is 5.73 Å². The van der Waals surface area contributed by atoms with Gasteiger partial charge in [0.05, 0.1) is 0 Å². The molecule has 1 unspecified atom stereocenters. The lowest BCUT2D eigenvalue weighted by Crippen LogP contribution is -2.38. The summed E-state index contributed by atoms with van der Waals surface area (Å²) in [4.78, 5) is 2.37. The molecule has 3 rings (SSSR count). The molecule has 2 aromatic rings. The van der Waals surface area contributed by atoms with Crippen LogP contribution in [-0.4, -0.2) is 18.0 Å². The number of fused-ring (bicyclic) bond motifs is 1. The Hall–Kier alpha value is -1.71. The highest BCUT2D eigenvalue weighted by molar-refractivity contribution is 5.35. The second-order valence-corrected chi connectivity index (χ2v) is 6.75. The lowest BCUT2D eigenvalue weighted by molar-refractivity contribution is 0.179. The van der Waals surface area contributed by atoms with E-state index in [9.17, 15) is 4.39 Å². The van der Waals surface area contributed by atoms with Crippen LogP contribution >= 0.6 is 0 Å². The largest absolute Gasteiger partial charge is 0.329 e. The van der Waals surface area contributed by atoms with Crippen molar-refractivity contribution in [2.45, 2.75) is 31.8 Å². The molecule has 0 fully saturated rings. The third-order valence-corrected chi connectivity index (χ3v) is 4.66. The van der Waals surface area contributed by atoms with Gasteiger partial charge in [-0.25, -0.2) is 4.39 Å². The van der Waals surface area contributed by atoms with E-state index in [-0.39, 0.29) is 17.3 Å². The summed E-state index contributed by atoms with van der Waals surface area (Å²) in [5.74, 6) is -0.179. The molecule has 22 heavy (non-hydrogen) atoms. The van der Waals surface area contributed by atoms with Gasteiger partial charge in [0.25, 0.3) is 0 Å². The summed E-state index contributed by atoms with van der Waals surface area (Å²) >= 11 is 0. The summed E-state index contributed by atoms with van der Waals surface area (Å²) < 4.78 is 13.5. The van der Waals surface area contributed by atoms with E-state index < -0.39 is 0 Å². The van der Waals surface area contributed by atoms with Crippen molar-refractivity contribution in [3.8, 4) is 0 Å². The second-order valence-electron chi connectivity index (χ2n) is 6.75. The summed E-state index contributed by atoms with van der Waals surface area (Å²) in [6.07, 6.45) is 0. The van der Waals surface area contributed by atoms with Crippen LogP contribution in [0.25, 0.3) is 0 Å². The standard InChI is InChI=1S/C19H23FN2/c1-19(2,15-6-4-3-5-7-15)13-22-12-14-8-9-16(20)10-17(14)18(22)11-21/h3-10,18H,11-13,21H2,1-2H3. The first kappa shape index (κ1) is 15.2. The summed E-state index contributed by atoms with van der Waals surface area (Å²) in [5, 5.41) is 0. The third kappa shape index (κ3) is 2.79. The third-order valence-electron chi connectivity index (χ3n) is 4.66. The normalized spacial score (nSPS) is 18.5. The first-order valence-electron chi connectivity index (χ1n) is 7.79. The highest BCUT2D eigenvalue weighted by atomic mass is 19.1. The zero-order valence-electron chi connectivity index (χ0n) is 13.2. The highest BCUT2D eigenvalue weighted by Crippen LogP contribution is 2.36. The van der Waals surface area contributed by atoms with Crippen LogP contribution in [0.4, 0.5) is 4.39 Å². The van der Waals surface area contributed by atoms with E-state index in [1.165, 1.54) is 17.2 Å². The molecule has 1 aliphatic rings. The number of nitrogens with zero attached hydrogens (tertiary/aromatic N) is 1. The summed E-state index contributed by atoms with van der Waals surface area (Å²) in [6.45, 7) is 6.75. The first-order valence-corrected chi connectivity index (χ1v) is 7.79. The lowest BCUT2D eigenvalue weighted by atomic mass is 9.84. The first-order chi connectivity index (χ1) is 10.5. The van der Waals surface area contributed by atoms with Crippen molar-refractivity contribution in [3.05, 3.63) is 71.0 Å². The molecule has 2 aromatic carbocycles. The number of halogens is 1. The van der Waals surface area contributed by atoms with Gasteiger partial charge in [0.2, 0.25) is 0 Å². The molecule has 116 valence electrons. The van der Waals surface area contributed by atoms with Crippen LogP contribution in [0, 0.1) is 5.82 Å². The van der Waals surface area contributed by atoms with Gasteiger partial charge in [-0.1, -0.05) is 50.2 Å². The molecule has 3 heteroatoms. The second kappa shape index (κ2) is 5.82. The molecular formula is C19H23FN2. The zero-order valence-corrected chi connectivity index (χ0v) is 13.2. The fraction of sp³-hybridized carbons (Fsp3) is 0.368. The van der Waals surface area contributed by atoms with Gasteiger partial charge in [-0.3, -0.25) is 4.90 Å². The van der Waals surface area contributed by atoms with Crippen molar-refractivity contribution < 1.29 is 4.39 Å². The summed E-state index contributed by atoms with van der Waals surface area (Å²) in [6, 6.07) is 15.7. The lowest BCUT2D eigenvalue weighted by Gasteiger charge is -2.34. The Morgan fingerprint density at radius 2 is 1.91 bits per heavy atom. The maximum atomic E-state index is 13.5. The molecule has 0 spiro atoms. The van der Waals surface area contributed by atoms with Gasteiger partial charge in [0, 0.05) is 31.1 Å². The number of rotatable bonds is 4. The maximum Gasteiger partial charge on any atom is 0.123 e. The van der Waals surface area contributed by atoms with Gasteiger partial charge in [0.1, 0.15) is 5.82 Å². The van der Waals surface area contributed by atoms with E-state index in [4.69, 9.17) is 5.73 Å². The monoisotopic (exact) mass is 298 g/mol. The number of hydrogen-bond acceptors (Lipinski definition) is 2. The predicted molar refractivity (Wildman–Crippen MR) is 88.1 cm³/mol. The van der Waals surface area contributed by atoms with E-state index in [1.807, 2.05) is 12.1 Å². The minimum absolute atomic E-state index is 0.0231. The van der Waals surface area contributed by atoms with E-state index in [1.54, 1.807) is 6.07 Å². The molecule has 1 heterocycles. The van der Waals surface area contributed by atoms with Gasteiger partial charge in [-0.05, 0) is 28.8 Å². The highest BCUT2D eigenvalue weighted by Gasteiger charge is 2.34. The zero-order chi connectivity index (χ0) is 15.7. The minimum Gasteiger partial charge on any atom is -0.329 e. The van der Waals surface area contributed by atoms with Gasteiger partial charge >= 0.3 is 0 Å². The van der Waals surface area contributed by atoms with Crippen LogP contribution in [0.3, 0.4) is 0 Å². The molecule has 0 radical (unpaired) electrons. The molecule has 2 N–H and O–H groups in total. The summed E-state index contributed by atoms with van der Waals surface area (Å²) in [7, 11) is 0. The van der Waals surface area contributed by atoms with Gasteiger partial charge in [0.15, 0.2) is 0 Å². The number of nitrogens with two attached hydrogens (primary N) is 1. The molecule has 0 aromatic heterocycles. The average molecular weight is 298 g/mol. The van der Waals surface area contributed by atoms with E-state index in [2.05, 4.69) is 43.0 Å². The SMILES string of the molecule is CC(C)(CN1Cc2ccc(F)cc2C1CN)c1ccccc1. The fourth-order valence-corrected chi connectivity index (χ4v) is 3.48. The maximum absolute atomic E-state index is 13.5. The predicted octanol–water partition coefficient (Wildman–Crippen LogP) is 3.62. The van der Waals surface area contributed by atoms with Crippen molar-refractivity contribution >= 4 is 0 Å². The number of hydrogen-bond donors (Lipinski definition) is 1. The molecule has 0 saturated heterocycles. The van der Waals surface area contributed by atoms with Gasteiger partial charge in [-0.15, -0.1) is 0 Å². The Morgan fingerprint density at radius 1 is 1.18 bits per heavy atom. The van der Waals surface area contributed by atoms with Gasteiger partial charge in [-0.2, -0.15) is 0 Å². The van der Waals surface area contributed by atoms with Crippen LogP contribution in [0.2, 0.25) is 0 Å². The Kier molecular flexibility index (Phi) is 4.02. The van der Waals surface area contributed by atoms with E-state index in [0.717, 1.165) is 18.7 Å². The molecule has 2 nitrogen and oxygen atoms in total.